The fourth-order valence-electron chi connectivity index (χ4n) is 2.72. The number of hydrogen-bond donors (Lipinski definition) is 1. The topological polar surface area (TPSA) is 49.4 Å². The van der Waals surface area contributed by atoms with Crippen LogP contribution in [0, 0.1) is 5.82 Å². The molecular formula is C18H19FN2O2S2. The standard InChI is InChI=1S/C18H19FN2O2S2/c1-21(10-13-6-4-8-24-13)18(23)15-11-25-16(17(22)20-15)9-12-5-2-3-7-14(12)19/h2-8,15-16H,9-11H2,1H3,(H,20,22)/t15-,16-/m1/s1. The lowest BCUT2D eigenvalue weighted by molar-refractivity contribution is -0.135. The molecule has 0 aliphatic carbocycles. The predicted octanol–water partition coefficient (Wildman–Crippen LogP) is 2.69. The number of carbonyl (C=O) groups excluding carboxylic acids is 2. The Labute approximate surface area is 154 Å². The average Bonchev–Trinajstić information content (AvgIpc) is 3.10. The third-order valence-corrected chi connectivity index (χ3v) is 6.25. The Morgan fingerprint density at radius 3 is 2.80 bits per heavy atom. The van der Waals surface area contributed by atoms with Crippen LogP contribution in [0.1, 0.15) is 10.4 Å². The number of nitrogens with one attached hydrogen (secondary N) is 1. The van der Waals surface area contributed by atoms with Crippen molar-refractivity contribution in [2.45, 2.75) is 24.3 Å². The molecule has 0 radical (unpaired) electrons. The van der Waals surface area contributed by atoms with Crippen molar-refractivity contribution in [3.05, 3.63) is 58.0 Å². The van der Waals surface area contributed by atoms with Crippen molar-refractivity contribution in [1.29, 1.82) is 0 Å². The van der Waals surface area contributed by atoms with Gasteiger partial charge in [-0.2, -0.15) is 0 Å². The van der Waals surface area contributed by atoms with Crippen molar-refractivity contribution >= 4 is 34.9 Å². The summed E-state index contributed by atoms with van der Waals surface area (Å²) < 4.78 is 13.8. The molecule has 1 aromatic heterocycles. The summed E-state index contributed by atoms with van der Waals surface area (Å²) in [5.74, 6) is -0.107. The zero-order chi connectivity index (χ0) is 17.8. The highest BCUT2D eigenvalue weighted by atomic mass is 32.2. The van der Waals surface area contributed by atoms with E-state index in [9.17, 15) is 14.0 Å². The molecule has 1 aliphatic heterocycles. The molecule has 132 valence electrons. The molecule has 7 heteroatoms. The lowest BCUT2D eigenvalue weighted by atomic mass is 10.1. The van der Waals surface area contributed by atoms with Crippen LogP contribution in [0.4, 0.5) is 4.39 Å². The van der Waals surface area contributed by atoms with Gasteiger partial charge in [0.05, 0.1) is 11.8 Å². The van der Waals surface area contributed by atoms with E-state index in [4.69, 9.17) is 0 Å². The van der Waals surface area contributed by atoms with E-state index in [0.717, 1.165) is 4.88 Å². The summed E-state index contributed by atoms with van der Waals surface area (Å²) in [6.45, 7) is 0.534. The number of likely N-dealkylation sites (N-methyl/N-ethyl adjacent to an activating group) is 1. The van der Waals surface area contributed by atoms with Crippen molar-refractivity contribution in [3.63, 3.8) is 0 Å². The molecule has 0 saturated carbocycles. The van der Waals surface area contributed by atoms with Crippen LogP contribution in [0.25, 0.3) is 0 Å². The Hall–Kier alpha value is -1.86. The number of carbonyl (C=O) groups is 2. The van der Waals surface area contributed by atoms with Gasteiger partial charge in [0.15, 0.2) is 0 Å². The second kappa shape index (κ2) is 8.01. The van der Waals surface area contributed by atoms with Crippen molar-refractivity contribution in [2.24, 2.45) is 0 Å². The van der Waals surface area contributed by atoms with Gasteiger partial charge in [-0.25, -0.2) is 4.39 Å². The fraction of sp³-hybridized carbons (Fsp3) is 0.333. The van der Waals surface area contributed by atoms with Crippen LogP contribution in [0.3, 0.4) is 0 Å². The highest BCUT2D eigenvalue weighted by molar-refractivity contribution is 8.00. The zero-order valence-electron chi connectivity index (χ0n) is 13.8. The summed E-state index contributed by atoms with van der Waals surface area (Å²) in [6, 6.07) is 9.87. The minimum atomic E-state index is -0.528. The van der Waals surface area contributed by atoms with Crippen LogP contribution in [0.5, 0.6) is 0 Å². The molecule has 1 N–H and O–H groups in total. The second-order valence-electron chi connectivity index (χ2n) is 5.95. The van der Waals surface area contributed by atoms with E-state index in [1.54, 1.807) is 41.5 Å². The molecule has 1 fully saturated rings. The molecule has 2 aromatic rings. The van der Waals surface area contributed by atoms with E-state index in [-0.39, 0.29) is 22.9 Å². The number of halogens is 1. The maximum Gasteiger partial charge on any atom is 0.246 e. The van der Waals surface area contributed by atoms with E-state index in [0.29, 0.717) is 24.3 Å². The van der Waals surface area contributed by atoms with Gasteiger partial charge in [0.2, 0.25) is 11.8 Å². The highest BCUT2D eigenvalue weighted by Gasteiger charge is 2.34. The molecule has 1 aliphatic rings. The Morgan fingerprint density at radius 1 is 1.32 bits per heavy atom. The molecule has 0 unspecified atom stereocenters. The third kappa shape index (κ3) is 4.41. The molecule has 1 aromatic carbocycles. The van der Waals surface area contributed by atoms with Crippen LogP contribution in [0.2, 0.25) is 0 Å². The van der Waals surface area contributed by atoms with Crippen molar-refractivity contribution in [3.8, 4) is 0 Å². The van der Waals surface area contributed by atoms with Gasteiger partial charge in [0.1, 0.15) is 11.9 Å². The first-order chi connectivity index (χ1) is 12.0. The molecule has 0 spiro atoms. The Balaban J connectivity index is 1.56. The minimum Gasteiger partial charge on any atom is -0.343 e. The third-order valence-electron chi connectivity index (χ3n) is 4.08. The molecule has 25 heavy (non-hydrogen) atoms. The molecule has 2 heterocycles. The number of hydrogen-bond acceptors (Lipinski definition) is 4. The Kier molecular flexibility index (Phi) is 5.75. The van der Waals surface area contributed by atoms with Crippen molar-refractivity contribution in [2.75, 3.05) is 12.8 Å². The van der Waals surface area contributed by atoms with Gasteiger partial charge < -0.3 is 10.2 Å². The summed E-state index contributed by atoms with van der Waals surface area (Å²) >= 11 is 3.01. The smallest absolute Gasteiger partial charge is 0.246 e. The number of thiophene rings is 1. The maximum atomic E-state index is 13.8. The van der Waals surface area contributed by atoms with Gasteiger partial charge in [0.25, 0.3) is 0 Å². The second-order valence-corrected chi connectivity index (χ2v) is 8.22. The summed E-state index contributed by atoms with van der Waals surface area (Å²) in [7, 11) is 1.74. The van der Waals surface area contributed by atoms with Gasteiger partial charge in [-0.05, 0) is 29.5 Å². The quantitative estimate of drug-likeness (QED) is 0.870. The van der Waals surface area contributed by atoms with Crippen LogP contribution in [-0.4, -0.2) is 40.8 Å². The van der Waals surface area contributed by atoms with Gasteiger partial charge in [-0.15, -0.1) is 23.1 Å². The number of amides is 2. The first kappa shape index (κ1) is 17.9. The first-order valence-corrected chi connectivity index (χ1v) is 9.90. The van der Waals surface area contributed by atoms with Crippen LogP contribution in [-0.2, 0) is 22.6 Å². The average molecular weight is 378 g/mol. The van der Waals surface area contributed by atoms with Crippen LogP contribution in [0.15, 0.2) is 41.8 Å². The summed E-state index contributed by atoms with van der Waals surface area (Å²) in [6.07, 6.45) is 0.328. The van der Waals surface area contributed by atoms with Crippen molar-refractivity contribution < 1.29 is 14.0 Å². The maximum absolute atomic E-state index is 13.8. The molecule has 2 atom stereocenters. The van der Waals surface area contributed by atoms with E-state index in [2.05, 4.69) is 5.32 Å². The predicted molar refractivity (Wildman–Crippen MR) is 99.1 cm³/mol. The molecule has 4 nitrogen and oxygen atoms in total. The summed E-state index contributed by atoms with van der Waals surface area (Å²) in [5.41, 5.74) is 0.523. The SMILES string of the molecule is CN(Cc1cccs1)C(=O)[C@H]1CS[C@H](Cc2ccccc2F)C(=O)N1. The van der Waals surface area contributed by atoms with Crippen molar-refractivity contribution in [1.82, 2.24) is 10.2 Å². The Morgan fingerprint density at radius 2 is 2.12 bits per heavy atom. The van der Waals surface area contributed by atoms with E-state index in [1.807, 2.05) is 17.5 Å². The number of thioether (sulfide) groups is 1. The van der Waals surface area contributed by atoms with Gasteiger partial charge in [-0.1, -0.05) is 24.3 Å². The Bertz CT molecular complexity index is 751. The zero-order valence-corrected chi connectivity index (χ0v) is 15.4. The van der Waals surface area contributed by atoms with Crippen LogP contribution < -0.4 is 5.32 Å². The lowest BCUT2D eigenvalue weighted by Gasteiger charge is -2.30. The van der Waals surface area contributed by atoms with Gasteiger partial charge in [-0.3, -0.25) is 9.59 Å². The monoisotopic (exact) mass is 378 g/mol. The minimum absolute atomic E-state index is 0.0985. The number of nitrogens with zero attached hydrogens (tertiary/aromatic N) is 1. The fourth-order valence-corrected chi connectivity index (χ4v) is 4.65. The lowest BCUT2D eigenvalue weighted by Crippen LogP contribution is -2.54. The van der Waals surface area contributed by atoms with E-state index < -0.39 is 6.04 Å². The number of benzene rings is 1. The van der Waals surface area contributed by atoms with E-state index in [1.165, 1.54) is 17.8 Å². The molecule has 0 bridgehead atoms. The van der Waals surface area contributed by atoms with E-state index >= 15 is 0 Å². The van der Waals surface area contributed by atoms with Crippen LogP contribution >= 0.6 is 23.1 Å². The molecular weight excluding hydrogens is 359 g/mol. The van der Waals surface area contributed by atoms with Gasteiger partial charge in [0, 0.05) is 17.7 Å². The first-order valence-electron chi connectivity index (χ1n) is 7.97. The van der Waals surface area contributed by atoms with Gasteiger partial charge >= 0.3 is 0 Å². The summed E-state index contributed by atoms with van der Waals surface area (Å²) in [4.78, 5) is 27.6. The normalized spacial score (nSPS) is 20.2. The number of rotatable bonds is 5. The molecule has 3 rings (SSSR count). The molecule has 2 amide bonds. The molecule has 1 saturated heterocycles. The largest absolute Gasteiger partial charge is 0.343 e. The summed E-state index contributed by atoms with van der Waals surface area (Å²) in [5, 5.41) is 4.40. The highest BCUT2D eigenvalue weighted by Crippen LogP contribution is 2.24.